The second kappa shape index (κ2) is 6.53. The van der Waals surface area contributed by atoms with E-state index in [2.05, 4.69) is 0 Å². The smallest absolute Gasteiger partial charge is 0.318 e. The highest BCUT2D eigenvalue weighted by atomic mass is 32.2. The molecule has 0 amide bonds. The van der Waals surface area contributed by atoms with E-state index in [0.29, 0.717) is 6.42 Å². The van der Waals surface area contributed by atoms with Crippen molar-refractivity contribution >= 4 is 16.0 Å². The van der Waals surface area contributed by atoms with Crippen LogP contribution in [0.15, 0.2) is 17.0 Å². The first-order valence-electron chi connectivity index (χ1n) is 6.61. The van der Waals surface area contributed by atoms with Gasteiger partial charge in [0.15, 0.2) is 0 Å². The molecule has 0 aliphatic rings. The van der Waals surface area contributed by atoms with E-state index in [4.69, 9.17) is 5.11 Å². The zero-order valence-electron chi connectivity index (χ0n) is 12.6. The normalized spacial score (nSPS) is 13.4. The third-order valence-electron chi connectivity index (χ3n) is 3.37. The summed E-state index contributed by atoms with van der Waals surface area (Å²) < 4.78 is 39.8. The summed E-state index contributed by atoms with van der Waals surface area (Å²) in [5.41, 5.74) is 0.539. The van der Waals surface area contributed by atoms with Gasteiger partial charge in [0.05, 0.1) is 4.90 Å². The summed E-state index contributed by atoms with van der Waals surface area (Å²) >= 11 is 0. The molecule has 0 aliphatic heterocycles. The monoisotopic (exact) mass is 317 g/mol. The van der Waals surface area contributed by atoms with Gasteiger partial charge in [0, 0.05) is 6.04 Å². The van der Waals surface area contributed by atoms with Gasteiger partial charge in [-0.25, -0.2) is 12.8 Å². The number of hydrogen-bond donors (Lipinski definition) is 1. The number of aliphatic carboxylic acids is 1. The molecular formula is C14H20FNO4S. The van der Waals surface area contributed by atoms with E-state index >= 15 is 0 Å². The molecule has 1 atom stereocenters. The molecular weight excluding hydrogens is 297 g/mol. The average Bonchev–Trinajstić information content (AvgIpc) is 2.32. The first-order chi connectivity index (χ1) is 9.61. The summed E-state index contributed by atoms with van der Waals surface area (Å²) in [6.45, 7) is 5.80. The van der Waals surface area contributed by atoms with Crippen molar-refractivity contribution in [2.75, 3.05) is 6.54 Å². The van der Waals surface area contributed by atoms with Crippen molar-refractivity contribution in [1.82, 2.24) is 4.31 Å². The lowest BCUT2D eigenvalue weighted by Gasteiger charge is -2.27. The predicted octanol–water partition coefficient (Wildman–Crippen LogP) is 2.32. The lowest BCUT2D eigenvalue weighted by Crippen LogP contribution is -2.42. The van der Waals surface area contributed by atoms with Crippen LogP contribution in [0.4, 0.5) is 4.39 Å². The predicted molar refractivity (Wildman–Crippen MR) is 77.2 cm³/mol. The fraction of sp³-hybridized carbons (Fsp3) is 0.500. The first kappa shape index (κ1) is 17.6. The highest BCUT2D eigenvalue weighted by Gasteiger charge is 2.32. The minimum Gasteiger partial charge on any atom is -0.480 e. The van der Waals surface area contributed by atoms with Crippen molar-refractivity contribution in [3.63, 3.8) is 0 Å². The number of carboxylic acid groups (broad SMARTS) is 1. The number of carbonyl (C=O) groups is 1. The van der Waals surface area contributed by atoms with Crippen molar-refractivity contribution in [3.8, 4) is 0 Å². The van der Waals surface area contributed by atoms with Gasteiger partial charge >= 0.3 is 5.97 Å². The third-order valence-corrected chi connectivity index (χ3v) is 5.63. The summed E-state index contributed by atoms with van der Waals surface area (Å²) in [5, 5.41) is 8.96. The van der Waals surface area contributed by atoms with Crippen LogP contribution >= 0.6 is 0 Å². The molecule has 1 aromatic rings. The van der Waals surface area contributed by atoms with Crippen LogP contribution in [0.2, 0.25) is 0 Å². The van der Waals surface area contributed by atoms with E-state index in [-0.39, 0.29) is 16.0 Å². The molecule has 5 nitrogen and oxygen atoms in total. The maximum atomic E-state index is 13.3. The summed E-state index contributed by atoms with van der Waals surface area (Å²) in [7, 11) is -4.00. The van der Waals surface area contributed by atoms with E-state index in [0.717, 1.165) is 16.4 Å². The Labute approximate surface area is 124 Å². The van der Waals surface area contributed by atoms with Gasteiger partial charge in [-0.3, -0.25) is 4.79 Å². The highest BCUT2D eigenvalue weighted by Crippen LogP contribution is 2.26. The number of halogens is 1. The maximum absolute atomic E-state index is 13.3. The Morgan fingerprint density at radius 3 is 2.19 bits per heavy atom. The average molecular weight is 317 g/mol. The quantitative estimate of drug-likeness (QED) is 0.873. The Morgan fingerprint density at radius 2 is 1.81 bits per heavy atom. The van der Waals surface area contributed by atoms with Crippen LogP contribution in [0.3, 0.4) is 0 Å². The van der Waals surface area contributed by atoms with Crippen LogP contribution in [0.25, 0.3) is 0 Å². The van der Waals surface area contributed by atoms with Gasteiger partial charge in [-0.2, -0.15) is 4.31 Å². The number of carboxylic acids is 1. The van der Waals surface area contributed by atoms with Gasteiger partial charge in [0.25, 0.3) is 0 Å². The molecule has 0 aromatic heterocycles. The van der Waals surface area contributed by atoms with Gasteiger partial charge < -0.3 is 5.11 Å². The molecule has 1 N–H and O–H groups in total. The van der Waals surface area contributed by atoms with E-state index in [1.807, 2.05) is 0 Å². The molecule has 0 heterocycles. The van der Waals surface area contributed by atoms with Crippen LogP contribution in [0, 0.1) is 19.7 Å². The van der Waals surface area contributed by atoms with E-state index in [1.54, 1.807) is 13.8 Å². The Hall–Kier alpha value is -1.47. The van der Waals surface area contributed by atoms with Gasteiger partial charge in [0.1, 0.15) is 12.4 Å². The Morgan fingerprint density at radius 1 is 1.33 bits per heavy atom. The van der Waals surface area contributed by atoms with Gasteiger partial charge in [-0.05, 0) is 50.5 Å². The van der Waals surface area contributed by atoms with E-state index < -0.39 is 34.4 Å². The molecule has 0 fully saturated rings. The van der Waals surface area contributed by atoms with E-state index in [1.165, 1.54) is 13.8 Å². The fourth-order valence-electron chi connectivity index (χ4n) is 2.24. The third kappa shape index (κ3) is 3.79. The van der Waals surface area contributed by atoms with Gasteiger partial charge in [0.2, 0.25) is 10.0 Å². The fourth-order valence-corrected chi connectivity index (χ4v) is 4.31. The Kier molecular flexibility index (Phi) is 5.47. The minimum absolute atomic E-state index is 0.0227. The topological polar surface area (TPSA) is 74.7 Å². The maximum Gasteiger partial charge on any atom is 0.318 e. The minimum atomic E-state index is -4.00. The molecule has 21 heavy (non-hydrogen) atoms. The van der Waals surface area contributed by atoms with Crippen molar-refractivity contribution in [3.05, 3.63) is 29.1 Å². The molecule has 0 bridgehead atoms. The van der Waals surface area contributed by atoms with Gasteiger partial charge in [-0.1, -0.05) is 6.92 Å². The lowest BCUT2D eigenvalue weighted by molar-refractivity contribution is -0.137. The molecule has 1 aromatic carbocycles. The molecule has 1 unspecified atom stereocenters. The van der Waals surface area contributed by atoms with Crippen molar-refractivity contribution in [2.24, 2.45) is 0 Å². The first-order valence-corrected chi connectivity index (χ1v) is 8.05. The van der Waals surface area contributed by atoms with E-state index in [9.17, 15) is 17.6 Å². The molecule has 118 valence electrons. The zero-order valence-corrected chi connectivity index (χ0v) is 13.4. The summed E-state index contributed by atoms with van der Waals surface area (Å²) in [6.07, 6.45) is 0.478. The SMILES string of the molecule is CCC(C)N(CC(=O)O)S(=O)(=O)c1c(C)cc(F)cc1C. The van der Waals surface area contributed by atoms with Crippen LogP contribution in [-0.4, -0.2) is 36.4 Å². The molecule has 0 spiro atoms. The summed E-state index contributed by atoms with van der Waals surface area (Å²) in [4.78, 5) is 10.9. The summed E-state index contributed by atoms with van der Waals surface area (Å²) in [5.74, 6) is -1.74. The molecule has 1 rings (SSSR count). The van der Waals surface area contributed by atoms with Crippen LogP contribution in [0.1, 0.15) is 31.4 Å². The zero-order chi connectivity index (χ0) is 16.4. The number of benzene rings is 1. The standard InChI is InChI=1S/C14H20FNO4S/c1-5-11(4)16(8-13(17)18)21(19,20)14-9(2)6-12(15)7-10(14)3/h6-7,11H,5,8H2,1-4H3,(H,17,18). The number of nitrogens with zero attached hydrogens (tertiary/aromatic N) is 1. The largest absolute Gasteiger partial charge is 0.480 e. The van der Waals surface area contributed by atoms with Crippen molar-refractivity contribution in [2.45, 2.75) is 45.1 Å². The molecule has 0 saturated heterocycles. The lowest BCUT2D eigenvalue weighted by atomic mass is 10.1. The molecule has 0 saturated carbocycles. The second-order valence-electron chi connectivity index (χ2n) is 5.07. The molecule has 0 aliphatic carbocycles. The van der Waals surface area contributed by atoms with Crippen molar-refractivity contribution < 1.29 is 22.7 Å². The van der Waals surface area contributed by atoms with Crippen LogP contribution in [-0.2, 0) is 14.8 Å². The molecule has 7 heteroatoms. The van der Waals surface area contributed by atoms with Crippen LogP contribution < -0.4 is 0 Å². The highest BCUT2D eigenvalue weighted by molar-refractivity contribution is 7.89. The summed E-state index contributed by atoms with van der Waals surface area (Å²) in [6, 6.07) is 1.81. The van der Waals surface area contributed by atoms with Crippen LogP contribution in [0.5, 0.6) is 0 Å². The number of rotatable bonds is 6. The number of hydrogen-bond acceptors (Lipinski definition) is 3. The number of sulfonamides is 1. The molecule has 0 radical (unpaired) electrons. The van der Waals surface area contributed by atoms with Gasteiger partial charge in [-0.15, -0.1) is 0 Å². The van der Waals surface area contributed by atoms with Crippen molar-refractivity contribution in [1.29, 1.82) is 0 Å². The second-order valence-corrected chi connectivity index (χ2v) is 6.90. The number of aryl methyl sites for hydroxylation is 2. The Balaban J connectivity index is 3.46. The Bertz CT molecular complexity index is 619.